The Morgan fingerprint density at radius 2 is 2.07 bits per heavy atom. The quantitative estimate of drug-likeness (QED) is 0.823. The molecule has 3 rings (SSSR count). The Labute approximate surface area is 156 Å². The molecule has 2 aromatic rings. The standard InChI is InChI=1S/C20H20FN3O3/c1-22-19(25)17-16(20(26)27-2)18(14-10-6-7-11-15(14)21)24(23-17)12-13-8-4-3-5-9-13/h3-10,15H,11-12H2,1-2H3,(H,22,25). The molecule has 1 unspecified atom stereocenters. The van der Waals surface area contributed by atoms with Crippen molar-refractivity contribution in [3.63, 3.8) is 0 Å². The van der Waals surface area contributed by atoms with Crippen molar-refractivity contribution in [1.82, 2.24) is 15.1 Å². The van der Waals surface area contributed by atoms with Crippen LogP contribution in [-0.4, -0.2) is 42.0 Å². The molecule has 1 amide bonds. The molecule has 1 aromatic carbocycles. The van der Waals surface area contributed by atoms with E-state index in [9.17, 15) is 14.0 Å². The highest BCUT2D eigenvalue weighted by Gasteiger charge is 2.32. The van der Waals surface area contributed by atoms with Crippen molar-refractivity contribution < 1.29 is 18.7 Å². The number of ether oxygens (including phenoxy) is 1. The van der Waals surface area contributed by atoms with E-state index < -0.39 is 18.0 Å². The first-order valence-electron chi connectivity index (χ1n) is 8.53. The van der Waals surface area contributed by atoms with Crippen LogP contribution in [0.3, 0.4) is 0 Å². The van der Waals surface area contributed by atoms with Gasteiger partial charge in [0.1, 0.15) is 11.7 Å². The van der Waals surface area contributed by atoms with Gasteiger partial charge in [-0.1, -0.05) is 48.6 Å². The van der Waals surface area contributed by atoms with Gasteiger partial charge in [-0.05, 0) is 5.56 Å². The predicted octanol–water partition coefficient (Wildman–Crippen LogP) is 2.76. The second kappa shape index (κ2) is 7.99. The summed E-state index contributed by atoms with van der Waals surface area (Å²) >= 11 is 0. The molecule has 27 heavy (non-hydrogen) atoms. The maximum atomic E-state index is 14.7. The molecule has 0 bridgehead atoms. The van der Waals surface area contributed by atoms with Crippen LogP contribution < -0.4 is 5.32 Å². The third-order valence-corrected chi connectivity index (χ3v) is 4.33. The highest BCUT2D eigenvalue weighted by Crippen LogP contribution is 2.32. The highest BCUT2D eigenvalue weighted by molar-refractivity contribution is 6.07. The molecule has 7 heteroatoms. The highest BCUT2D eigenvalue weighted by atomic mass is 19.1. The van der Waals surface area contributed by atoms with Gasteiger partial charge in [0.15, 0.2) is 5.69 Å². The van der Waals surface area contributed by atoms with Crippen molar-refractivity contribution in [3.05, 3.63) is 71.1 Å². The second-order valence-electron chi connectivity index (χ2n) is 6.04. The Balaban J connectivity index is 2.23. The summed E-state index contributed by atoms with van der Waals surface area (Å²) in [4.78, 5) is 24.8. The van der Waals surface area contributed by atoms with Gasteiger partial charge in [0.25, 0.3) is 5.91 Å². The molecule has 0 saturated heterocycles. The summed E-state index contributed by atoms with van der Waals surface area (Å²) in [6.07, 6.45) is 3.93. The maximum absolute atomic E-state index is 14.7. The van der Waals surface area contributed by atoms with E-state index in [0.717, 1.165) is 5.56 Å². The van der Waals surface area contributed by atoms with Crippen LogP contribution in [0.4, 0.5) is 4.39 Å². The molecular weight excluding hydrogens is 349 g/mol. The summed E-state index contributed by atoms with van der Waals surface area (Å²) in [6, 6.07) is 9.42. The lowest BCUT2D eigenvalue weighted by Crippen LogP contribution is -2.22. The average Bonchev–Trinajstić information content (AvgIpc) is 3.06. The molecule has 0 saturated carbocycles. The van der Waals surface area contributed by atoms with E-state index in [1.54, 1.807) is 18.2 Å². The van der Waals surface area contributed by atoms with Crippen molar-refractivity contribution in [2.75, 3.05) is 14.2 Å². The molecule has 1 aromatic heterocycles. The van der Waals surface area contributed by atoms with Crippen molar-refractivity contribution in [2.24, 2.45) is 0 Å². The zero-order chi connectivity index (χ0) is 19.4. The zero-order valence-corrected chi connectivity index (χ0v) is 15.1. The lowest BCUT2D eigenvalue weighted by Gasteiger charge is -2.17. The number of benzene rings is 1. The van der Waals surface area contributed by atoms with Crippen LogP contribution in [0.1, 0.15) is 38.5 Å². The van der Waals surface area contributed by atoms with Crippen LogP contribution >= 0.6 is 0 Å². The first-order chi connectivity index (χ1) is 13.1. The third-order valence-electron chi connectivity index (χ3n) is 4.33. The lowest BCUT2D eigenvalue weighted by molar-refractivity contribution is 0.0596. The number of amides is 1. The van der Waals surface area contributed by atoms with E-state index in [-0.39, 0.29) is 29.9 Å². The molecule has 0 radical (unpaired) electrons. The van der Waals surface area contributed by atoms with Crippen LogP contribution in [0.2, 0.25) is 0 Å². The van der Waals surface area contributed by atoms with Gasteiger partial charge >= 0.3 is 5.97 Å². The van der Waals surface area contributed by atoms with Gasteiger partial charge in [-0.25, -0.2) is 9.18 Å². The van der Waals surface area contributed by atoms with E-state index in [2.05, 4.69) is 10.4 Å². The first kappa shape index (κ1) is 18.6. The van der Waals surface area contributed by atoms with Crippen LogP contribution in [0.5, 0.6) is 0 Å². The summed E-state index contributed by atoms with van der Waals surface area (Å²) in [6.45, 7) is 0.283. The molecular formula is C20H20FN3O3. The number of hydrogen-bond acceptors (Lipinski definition) is 4. The number of aromatic nitrogens is 2. The number of halogens is 1. The van der Waals surface area contributed by atoms with Gasteiger partial charge in [-0.3, -0.25) is 9.48 Å². The van der Waals surface area contributed by atoms with Crippen LogP contribution in [0, 0.1) is 0 Å². The lowest BCUT2D eigenvalue weighted by atomic mass is 9.96. The van der Waals surface area contributed by atoms with Gasteiger partial charge in [0, 0.05) is 19.0 Å². The number of nitrogens with one attached hydrogen (secondary N) is 1. The Kier molecular flexibility index (Phi) is 5.49. The molecule has 1 atom stereocenters. The molecule has 0 spiro atoms. The van der Waals surface area contributed by atoms with Crippen LogP contribution in [-0.2, 0) is 11.3 Å². The number of allylic oxidation sites excluding steroid dienone is 4. The SMILES string of the molecule is CNC(=O)c1nn(Cc2ccccc2)c(C2=CC=CCC2F)c1C(=O)OC. The minimum Gasteiger partial charge on any atom is -0.465 e. The number of alkyl halides is 1. The van der Waals surface area contributed by atoms with Crippen LogP contribution in [0.15, 0.2) is 48.6 Å². The molecule has 140 valence electrons. The minimum absolute atomic E-state index is 0.0306. The Hall–Kier alpha value is -3.22. The first-order valence-corrected chi connectivity index (χ1v) is 8.53. The summed E-state index contributed by atoms with van der Waals surface area (Å²) in [5.74, 6) is -1.27. The second-order valence-corrected chi connectivity index (χ2v) is 6.04. The number of methoxy groups -OCH3 is 1. The molecule has 0 fully saturated rings. The number of carbonyl (C=O) groups excluding carboxylic acids is 2. The predicted molar refractivity (Wildman–Crippen MR) is 99.1 cm³/mol. The van der Waals surface area contributed by atoms with E-state index in [0.29, 0.717) is 5.57 Å². The van der Waals surface area contributed by atoms with Gasteiger partial charge in [0.2, 0.25) is 0 Å². The summed E-state index contributed by atoms with van der Waals surface area (Å²) in [7, 11) is 2.66. The Morgan fingerprint density at radius 3 is 2.70 bits per heavy atom. The third kappa shape index (κ3) is 3.67. The summed E-state index contributed by atoms with van der Waals surface area (Å²) in [5.41, 5.74) is 1.36. The zero-order valence-electron chi connectivity index (χ0n) is 15.1. The fourth-order valence-corrected chi connectivity index (χ4v) is 3.03. The molecule has 0 aliphatic heterocycles. The minimum atomic E-state index is -1.30. The fraction of sp³-hybridized carbons (Fsp3) is 0.250. The van der Waals surface area contributed by atoms with Crippen molar-refractivity contribution in [1.29, 1.82) is 0 Å². The molecule has 1 N–H and O–H groups in total. The number of esters is 1. The molecule has 1 aliphatic rings. The van der Waals surface area contributed by atoms with E-state index >= 15 is 0 Å². The van der Waals surface area contributed by atoms with Gasteiger partial charge in [-0.2, -0.15) is 5.10 Å². The average molecular weight is 369 g/mol. The Bertz CT molecular complexity index is 916. The fourth-order valence-electron chi connectivity index (χ4n) is 3.03. The Morgan fingerprint density at radius 1 is 1.33 bits per heavy atom. The monoisotopic (exact) mass is 369 g/mol. The number of rotatable bonds is 5. The topological polar surface area (TPSA) is 73.2 Å². The van der Waals surface area contributed by atoms with Crippen molar-refractivity contribution >= 4 is 17.4 Å². The number of hydrogen-bond donors (Lipinski definition) is 1. The summed E-state index contributed by atoms with van der Waals surface area (Å²) in [5, 5.41) is 6.80. The molecule has 1 aliphatic carbocycles. The molecule has 1 heterocycles. The van der Waals surface area contributed by atoms with E-state index in [1.165, 1.54) is 18.8 Å². The van der Waals surface area contributed by atoms with Gasteiger partial charge in [-0.15, -0.1) is 0 Å². The maximum Gasteiger partial charge on any atom is 0.342 e. The van der Waals surface area contributed by atoms with E-state index in [4.69, 9.17) is 4.74 Å². The summed E-state index contributed by atoms with van der Waals surface area (Å²) < 4.78 is 21.0. The smallest absolute Gasteiger partial charge is 0.342 e. The van der Waals surface area contributed by atoms with Crippen molar-refractivity contribution in [3.8, 4) is 0 Å². The van der Waals surface area contributed by atoms with E-state index in [1.807, 2.05) is 30.3 Å². The normalized spacial score (nSPS) is 16.0. The number of carbonyl (C=O) groups is 2. The van der Waals surface area contributed by atoms with Gasteiger partial charge < -0.3 is 10.1 Å². The van der Waals surface area contributed by atoms with Crippen molar-refractivity contribution in [2.45, 2.75) is 19.1 Å². The van der Waals surface area contributed by atoms with Gasteiger partial charge in [0.05, 0.1) is 19.3 Å². The molecule has 6 nitrogen and oxygen atoms in total. The number of nitrogens with zero attached hydrogens (tertiary/aromatic N) is 2. The largest absolute Gasteiger partial charge is 0.465 e. The van der Waals surface area contributed by atoms with Crippen LogP contribution in [0.25, 0.3) is 5.57 Å².